The number of aryl methyl sites for hydroxylation is 2. The van der Waals surface area contributed by atoms with E-state index in [1.54, 1.807) is 12.4 Å². The van der Waals surface area contributed by atoms with Crippen molar-refractivity contribution in [2.24, 2.45) is 0 Å². The maximum Gasteiger partial charge on any atom is 0.289 e. The van der Waals surface area contributed by atoms with Crippen molar-refractivity contribution in [3.05, 3.63) is 41.8 Å². The highest BCUT2D eigenvalue weighted by Gasteiger charge is 2.28. The molecule has 0 N–H and O–H groups in total. The first-order valence-electron chi connectivity index (χ1n) is 8.70. The van der Waals surface area contributed by atoms with Gasteiger partial charge in [-0.05, 0) is 38.8 Å². The molecule has 0 atom stereocenters. The van der Waals surface area contributed by atoms with E-state index in [4.69, 9.17) is 4.42 Å². The largest absolute Gasteiger partial charge is 0.449 e. The third kappa shape index (κ3) is 2.90. The van der Waals surface area contributed by atoms with Crippen LogP contribution in [0.3, 0.4) is 0 Å². The Labute approximate surface area is 145 Å². The number of piperidine rings is 1. The SMILES string of the molecule is CCn1cnnc1C1CCN(C(=O)c2cc3nc(C)ccc3o2)CC1. The number of nitrogens with zero attached hydrogens (tertiary/aromatic N) is 5. The Bertz CT molecular complexity index is 905. The number of carbonyl (C=O) groups is 1. The number of likely N-dealkylation sites (tertiary alicyclic amines) is 1. The van der Waals surface area contributed by atoms with Gasteiger partial charge in [0, 0.05) is 37.3 Å². The number of furan rings is 1. The highest BCUT2D eigenvalue weighted by molar-refractivity contribution is 5.95. The first-order valence-corrected chi connectivity index (χ1v) is 8.70. The van der Waals surface area contributed by atoms with Crippen LogP contribution in [-0.2, 0) is 6.54 Å². The van der Waals surface area contributed by atoms with Gasteiger partial charge in [-0.2, -0.15) is 0 Å². The molecule has 0 bridgehead atoms. The molecule has 1 aliphatic rings. The summed E-state index contributed by atoms with van der Waals surface area (Å²) in [5.74, 6) is 1.68. The Morgan fingerprint density at radius 3 is 2.88 bits per heavy atom. The van der Waals surface area contributed by atoms with Crippen LogP contribution in [0, 0.1) is 6.92 Å². The minimum atomic E-state index is -0.0638. The van der Waals surface area contributed by atoms with Gasteiger partial charge in [-0.1, -0.05) is 0 Å². The minimum Gasteiger partial charge on any atom is -0.449 e. The van der Waals surface area contributed by atoms with Crippen LogP contribution < -0.4 is 0 Å². The zero-order valence-corrected chi connectivity index (χ0v) is 14.5. The van der Waals surface area contributed by atoms with Crippen molar-refractivity contribution < 1.29 is 9.21 Å². The highest BCUT2D eigenvalue weighted by atomic mass is 16.3. The molecule has 3 aromatic heterocycles. The normalized spacial score (nSPS) is 15.8. The molecule has 3 aromatic rings. The molecular formula is C18H21N5O2. The van der Waals surface area contributed by atoms with Crippen LogP contribution in [0.1, 0.15) is 47.8 Å². The van der Waals surface area contributed by atoms with Gasteiger partial charge in [-0.15, -0.1) is 10.2 Å². The zero-order valence-electron chi connectivity index (χ0n) is 14.5. The summed E-state index contributed by atoms with van der Waals surface area (Å²) in [6.07, 6.45) is 3.56. The molecule has 1 fully saturated rings. The fourth-order valence-electron chi connectivity index (χ4n) is 3.45. The van der Waals surface area contributed by atoms with Crippen LogP contribution in [0.4, 0.5) is 0 Å². The van der Waals surface area contributed by atoms with Gasteiger partial charge >= 0.3 is 0 Å². The molecule has 7 nitrogen and oxygen atoms in total. The van der Waals surface area contributed by atoms with Gasteiger partial charge < -0.3 is 13.9 Å². The minimum absolute atomic E-state index is 0.0638. The number of carbonyl (C=O) groups excluding carboxylic acids is 1. The first-order chi connectivity index (χ1) is 12.2. The summed E-state index contributed by atoms with van der Waals surface area (Å²) in [5, 5.41) is 8.27. The van der Waals surface area contributed by atoms with E-state index in [-0.39, 0.29) is 5.91 Å². The van der Waals surface area contributed by atoms with Crippen molar-refractivity contribution in [1.82, 2.24) is 24.6 Å². The van der Waals surface area contributed by atoms with Gasteiger partial charge in [-0.25, -0.2) is 4.98 Å². The molecule has 4 heterocycles. The molecule has 0 spiro atoms. The van der Waals surface area contributed by atoms with E-state index < -0.39 is 0 Å². The van der Waals surface area contributed by atoms with E-state index >= 15 is 0 Å². The predicted octanol–water partition coefficient (Wildman–Crippen LogP) is 2.77. The lowest BCUT2D eigenvalue weighted by Crippen LogP contribution is -2.38. The van der Waals surface area contributed by atoms with Crippen molar-refractivity contribution in [1.29, 1.82) is 0 Å². The number of hydrogen-bond acceptors (Lipinski definition) is 5. The highest BCUT2D eigenvalue weighted by Crippen LogP contribution is 2.28. The van der Waals surface area contributed by atoms with E-state index in [1.807, 2.05) is 24.0 Å². The number of hydrogen-bond donors (Lipinski definition) is 0. The average Bonchev–Trinajstić information content (AvgIpc) is 3.27. The Balaban J connectivity index is 1.47. The molecule has 7 heteroatoms. The number of fused-ring (bicyclic) bond motifs is 1. The molecule has 0 saturated carbocycles. The molecule has 4 rings (SSSR count). The molecule has 0 radical (unpaired) electrons. The lowest BCUT2D eigenvalue weighted by atomic mass is 9.95. The van der Waals surface area contributed by atoms with Crippen LogP contribution in [0.5, 0.6) is 0 Å². The second kappa shape index (κ2) is 6.31. The topological polar surface area (TPSA) is 77.1 Å². The number of aromatic nitrogens is 4. The standard InChI is InChI=1S/C18H21N5O2/c1-3-22-11-19-21-17(22)13-6-8-23(9-7-13)18(24)16-10-14-15(25-16)5-4-12(2)20-14/h4-5,10-11,13H,3,6-9H2,1-2H3. The molecular weight excluding hydrogens is 318 g/mol. The number of pyridine rings is 1. The molecule has 0 unspecified atom stereocenters. The van der Waals surface area contributed by atoms with Gasteiger partial charge in [0.05, 0.1) is 0 Å². The summed E-state index contributed by atoms with van der Waals surface area (Å²) in [6, 6.07) is 5.48. The van der Waals surface area contributed by atoms with Crippen molar-refractivity contribution in [3.8, 4) is 0 Å². The second-order valence-electron chi connectivity index (χ2n) is 6.49. The average molecular weight is 339 g/mol. The quantitative estimate of drug-likeness (QED) is 0.733. The van der Waals surface area contributed by atoms with Crippen LogP contribution in [0.15, 0.2) is 28.9 Å². The van der Waals surface area contributed by atoms with Gasteiger partial charge in [-0.3, -0.25) is 4.79 Å². The summed E-state index contributed by atoms with van der Waals surface area (Å²) in [4.78, 5) is 19.0. The molecule has 0 aliphatic carbocycles. The maximum absolute atomic E-state index is 12.7. The lowest BCUT2D eigenvalue weighted by Gasteiger charge is -2.31. The van der Waals surface area contributed by atoms with E-state index in [0.717, 1.165) is 36.4 Å². The monoisotopic (exact) mass is 339 g/mol. The number of rotatable bonds is 3. The maximum atomic E-state index is 12.7. The van der Waals surface area contributed by atoms with Gasteiger partial charge in [0.1, 0.15) is 17.7 Å². The third-order valence-electron chi connectivity index (χ3n) is 4.86. The fraction of sp³-hybridized carbons (Fsp3) is 0.444. The summed E-state index contributed by atoms with van der Waals surface area (Å²) in [7, 11) is 0. The summed E-state index contributed by atoms with van der Waals surface area (Å²) < 4.78 is 7.77. The fourth-order valence-corrected chi connectivity index (χ4v) is 3.45. The molecule has 1 amide bonds. The van der Waals surface area contributed by atoms with E-state index in [9.17, 15) is 4.79 Å². The van der Waals surface area contributed by atoms with Crippen LogP contribution >= 0.6 is 0 Å². The number of amides is 1. The van der Waals surface area contributed by atoms with E-state index in [0.29, 0.717) is 30.4 Å². The van der Waals surface area contributed by atoms with Gasteiger partial charge in [0.15, 0.2) is 11.3 Å². The zero-order chi connectivity index (χ0) is 17.4. The Morgan fingerprint density at radius 1 is 1.32 bits per heavy atom. The third-order valence-corrected chi connectivity index (χ3v) is 4.86. The Morgan fingerprint density at radius 2 is 2.12 bits per heavy atom. The molecule has 130 valence electrons. The van der Waals surface area contributed by atoms with Crippen LogP contribution in [0.25, 0.3) is 11.1 Å². The predicted molar refractivity (Wildman–Crippen MR) is 92.3 cm³/mol. The van der Waals surface area contributed by atoms with Crippen molar-refractivity contribution in [2.45, 2.75) is 39.2 Å². The molecule has 0 aromatic carbocycles. The Kier molecular flexibility index (Phi) is 3.99. The molecule has 1 saturated heterocycles. The molecule has 25 heavy (non-hydrogen) atoms. The van der Waals surface area contributed by atoms with Crippen molar-refractivity contribution >= 4 is 17.0 Å². The molecule has 1 aliphatic heterocycles. The smallest absolute Gasteiger partial charge is 0.289 e. The van der Waals surface area contributed by atoms with Crippen LogP contribution in [0.2, 0.25) is 0 Å². The summed E-state index contributed by atoms with van der Waals surface area (Å²) >= 11 is 0. The van der Waals surface area contributed by atoms with Crippen LogP contribution in [-0.4, -0.2) is 43.6 Å². The summed E-state index contributed by atoms with van der Waals surface area (Å²) in [5.41, 5.74) is 2.29. The lowest BCUT2D eigenvalue weighted by molar-refractivity contribution is 0.0680. The van der Waals surface area contributed by atoms with E-state index in [2.05, 4.69) is 26.7 Å². The van der Waals surface area contributed by atoms with Gasteiger partial charge in [0.25, 0.3) is 5.91 Å². The van der Waals surface area contributed by atoms with Crippen molar-refractivity contribution in [2.75, 3.05) is 13.1 Å². The van der Waals surface area contributed by atoms with Gasteiger partial charge in [0.2, 0.25) is 0 Å². The van der Waals surface area contributed by atoms with Crippen molar-refractivity contribution in [3.63, 3.8) is 0 Å². The van der Waals surface area contributed by atoms with E-state index in [1.165, 1.54) is 0 Å². The second-order valence-corrected chi connectivity index (χ2v) is 6.49. The Hall–Kier alpha value is -2.70. The summed E-state index contributed by atoms with van der Waals surface area (Å²) in [6.45, 7) is 6.27. The first kappa shape index (κ1) is 15.8.